The molecule has 2 aromatic carbocycles. The second kappa shape index (κ2) is 9.58. The topological polar surface area (TPSA) is 84.9 Å². The summed E-state index contributed by atoms with van der Waals surface area (Å²) in [5.74, 6) is 0.231. The van der Waals surface area contributed by atoms with Gasteiger partial charge in [-0.3, -0.25) is 4.79 Å². The van der Waals surface area contributed by atoms with E-state index in [1.165, 1.54) is 16.4 Å². The van der Waals surface area contributed by atoms with Crippen LogP contribution in [0.4, 0.5) is 5.69 Å². The number of morpholine rings is 1. The predicted molar refractivity (Wildman–Crippen MR) is 111 cm³/mol. The molecule has 1 amide bonds. The van der Waals surface area contributed by atoms with Gasteiger partial charge in [0.05, 0.1) is 18.1 Å². The number of sulfonamides is 1. The first kappa shape index (κ1) is 21.6. The van der Waals surface area contributed by atoms with Crippen molar-refractivity contribution in [2.75, 3.05) is 31.6 Å². The van der Waals surface area contributed by atoms with Crippen molar-refractivity contribution in [1.82, 2.24) is 4.31 Å². The minimum absolute atomic E-state index is 0.182. The Kier molecular flexibility index (Phi) is 7.13. The van der Waals surface area contributed by atoms with Crippen molar-refractivity contribution in [2.24, 2.45) is 0 Å². The molecule has 156 valence electrons. The lowest BCUT2D eigenvalue weighted by molar-refractivity contribution is -0.122. The van der Waals surface area contributed by atoms with Gasteiger partial charge in [0, 0.05) is 23.8 Å². The summed E-state index contributed by atoms with van der Waals surface area (Å²) in [5.41, 5.74) is 0.495. The summed E-state index contributed by atoms with van der Waals surface area (Å²) >= 11 is 5.86. The summed E-state index contributed by atoms with van der Waals surface area (Å²) in [6.07, 6.45) is -0.217. The number of hydrogen-bond acceptors (Lipinski definition) is 5. The summed E-state index contributed by atoms with van der Waals surface area (Å²) < 4.78 is 37.6. The lowest BCUT2D eigenvalue weighted by Crippen LogP contribution is -2.40. The van der Waals surface area contributed by atoms with E-state index >= 15 is 0 Å². The highest BCUT2D eigenvalue weighted by Gasteiger charge is 2.26. The number of rotatable bonds is 7. The van der Waals surface area contributed by atoms with Crippen LogP contribution in [-0.4, -0.2) is 51.0 Å². The Morgan fingerprint density at radius 3 is 2.34 bits per heavy atom. The third kappa shape index (κ3) is 5.48. The van der Waals surface area contributed by atoms with Gasteiger partial charge in [0.1, 0.15) is 5.75 Å². The van der Waals surface area contributed by atoms with Gasteiger partial charge in [-0.05, 0) is 55.0 Å². The molecule has 2 aromatic rings. The van der Waals surface area contributed by atoms with Crippen LogP contribution in [0.2, 0.25) is 5.02 Å². The van der Waals surface area contributed by atoms with Gasteiger partial charge in [-0.1, -0.05) is 18.5 Å². The average molecular weight is 439 g/mol. The first-order valence-electron chi connectivity index (χ1n) is 9.31. The fourth-order valence-electron chi connectivity index (χ4n) is 2.87. The van der Waals surface area contributed by atoms with Crippen molar-refractivity contribution >= 4 is 33.2 Å². The Labute approximate surface area is 175 Å². The Balaban J connectivity index is 1.64. The Hall–Kier alpha value is -2.13. The molecule has 0 radical (unpaired) electrons. The highest BCUT2D eigenvalue weighted by atomic mass is 35.5. The number of hydrogen-bond donors (Lipinski definition) is 1. The second-order valence-electron chi connectivity index (χ2n) is 6.50. The van der Waals surface area contributed by atoms with Crippen molar-refractivity contribution in [3.05, 3.63) is 53.6 Å². The maximum absolute atomic E-state index is 12.7. The first-order valence-corrected chi connectivity index (χ1v) is 11.1. The zero-order valence-electron chi connectivity index (χ0n) is 16.0. The normalized spacial score (nSPS) is 16.2. The van der Waals surface area contributed by atoms with E-state index in [9.17, 15) is 13.2 Å². The molecular formula is C20H23ClN2O5S. The van der Waals surface area contributed by atoms with E-state index in [1.54, 1.807) is 36.4 Å². The molecule has 1 atom stereocenters. The van der Waals surface area contributed by atoms with Gasteiger partial charge in [-0.2, -0.15) is 4.31 Å². The minimum atomic E-state index is -3.57. The number of amides is 1. The molecule has 0 aromatic heterocycles. The van der Waals surface area contributed by atoms with Crippen LogP contribution in [0.5, 0.6) is 5.75 Å². The number of nitrogens with one attached hydrogen (secondary N) is 1. The molecule has 0 saturated carbocycles. The quantitative estimate of drug-likeness (QED) is 0.717. The molecule has 1 fully saturated rings. The number of halogens is 1. The lowest BCUT2D eigenvalue weighted by atomic mass is 10.2. The molecular weight excluding hydrogens is 416 g/mol. The molecule has 1 aliphatic heterocycles. The largest absolute Gasteiger partial charge is 0.481 e. The fourth-order valence-corrected chi connectivity index (χ4v) is 4.40. The first-order chi connectivity index (χ1) is 13.9. The van der Waals surface area contributed by atoms with E-state index in [-0.39, 0.29) is 10.8 Å². The Bertz CT molecular complexity index is 926. The van der Waals surface area contributed by atoms with Crippen LogP contribution < -0.4 is 10.1 Å². The van der Waals surface area contributed by atoms with Crippen LogP contribution >= 0.6 is 11.6 Å². The molecule has 3 rings (SSSR count). The monoisotopic (exact) mass is 438 g/mol. The summed E-state index contributed by atoms with van der Waals surface area (Å²) in [6, 6.07) is 12.9. The molecule has 9 heteroatoms. The minimum Gasteiger partial charge on any atom is -0.481 e. The van der Waals surface area contributed by atoms with Gasteiger partial charge in [-0.25, -0.2) is 8.42 Å². The van der Waals surface area contributed by atoms with Crippen molar-refractivity contribution < 1.29 is 22.7 Å². The van der Waals surface area contributed by atoms with E-state index < -0.39 is 16.1 Å². The highest BCUT2D eigenvalue weighted by molar-refractivity contribution is 7.89. The van der Waals surface area contributed by atoms with E-state index in [0.717, 1.165) is 0 Å². The molecule has 0 bridgehead atoms. The van der Waals surface area contributed by atoms with Crippen LogP contribution in [-0.2, 0) is 19.6 Å². The van der Waals surface area contributed by atoms with E-state index in [1.807, 2.05) is 6.92 Å². The summed E-state index contributed by atoms with van der Waals surface area (Å²) in [5, 5.41) is 3.35. The zero-order chi connectivity index (χ0) is 20.9. The summed E-state index contributed by atoms with van der Waals surface area (Å²) in [7, 11) is -3.57. The molecule has 1 saturated heterocycles. The summed E-state index contributed by atoms with van der Waals surface area (Å²) in [4.78, 5) is 12.7. The number of anilines is 1. The van der Waals surface area contributed by atoms with E-state index in [0.29, 0.717) is 49.2 Å². The summed E-state index contributed by atoms with van der Waals surface area (Å²) in [6.45, 7) is 3.29. The third-order valence-electron chi connectivity index (χ3n) is 4.48. The maximum atomic E-state index is 12.7. The Morgan fingerprint density at radius 2 is 1.76 bits per heavy atom. The van der Waals surface area contributed by atoms with Gasteiger partial charge in [0.2, 0.25) is 10.0 Å². The third-order valence-corrected chi connectivity index (χ3v) is 6.65. The number of ether oxygens (including phenoxy) is 2. The molecule has 29 heavy (non-hydrogen) atoms. The van der Waals surface area contributed by atoms with Gasteiger partial charge in [-0.15, -0.1) is 0 Å². The van der Waals surface area contributed by atoms with Gasteiger partial charge >= 0.3 is 0 Å². The van der Waals surface area contributed by atoms with Crippen molar-refractivity contribution in [1.29, 1.82) is 0 Å². The second-order valence-corrected chi connectivity index (χ2v) is 8.87. The average Bonchev–Trinajstić information content (AvgIpc) is 2.74. The van der Waals surface area contributed by atoms with Crippen molar-refractivity contribution in [2.45, 2.75) is 24.3 Å². The molecule has 0 aliphatic carbocycles. The molecule has 0 unspecified atom stereocenters. The highest BCUT2D eigenvalue weighted by Crippen LogP contribution is 2.21. The van der Waals surface area contributed by atoms with Crippen LogP contribution in [0.25, 0.3) is 0 Å². The standard InChI is InChI=1S/C20H23ClN2O5S/c1-2-19(28-17-7-3-15(21)4-8-17)20(24)22-16-5-9-18(10-6-16)29(25,26)23-11-13-27-14-12-23/h3-10,19H,2,11-14H2,1H3,(H,22,24)/t19-/m1/s1. The molecule has 1 aliphatic rings. The molecule has 7 nitrogen and oxygen atoms in total. The lowest BCUT2D eigenvalue weighted by Gasteiger charge is -2.26. The van der Waals surface area contributed by atoms with Gasteiger partial charge in [0.25, 0.3) is 5.91 Å². The van der Waals surface area contributed by atoms with Crippen molar-refractivity contribution in [3.63, 3.8) is 0 Å². The number of carbonyl (C=O) groups excluding carboxylic acids is 1. The van der Waals surface area contributed by atoms with Crippen LogP contribution in [0.3, 0.4) is 0 Å². The predicted octanol–water partition coefficient (Wildman–Crippen LogP) is 3.16. The fraction of sp³-hybridized carbons (Fsp3) is 0.350. The number of carbonyl (C=O) groups is 1. The smallest absolute Gasteiger partial charge is 0.265 e. The zero-order valence-corrected chi connectivity index (χ0v) is 17.6. The SMILES string of the molecule is CC[C@@H](Oc1ccc(Cl)cc1)C(=O)Nc1ccc(S(=O)(=O)N2CCOCC2)cc1. The van der Waals surface area contributed by atoms with Gasteiger partial charge in [0.15, 0.2) is 6.10 Å². The maximum Gasteiger partial charge on any atom is 0.265 e. The van der Waals surface area contributed by atoms with E-state index in [2.05, 4.69) is 5.32 Å². The number of nitrogens with zero attached hydrogens (tertiary/aromatic N) is 1. The van der Waals surface area contributed by atoms with Gasteiger partial charge < -0.3 is 14.8 Å². The van der Waals surface area contributed by atoms with E-state index in [4.69, 9.17) is 21.1 Å². The Morgan fingerprint density at radius 1 is 1.14 bits per heavy atom. The van der Waals surface area contributed by atoms with Crippen molar-refractivity contribution in [3.8, 4) is 5.75 Å². The van der Waals surface area contributed by atoms with Crippen LogP contribution in [0.15, 0.2) is 53.4 Å². The molecule has 1 heterocycles. The van der Waals surface area contributed by atoms with Crippen LogP contribution in [0.1, 0.15) is 13.3 Å². The number of benzene rings is 2. The molecule has 0 spiro atoms. The van der Waals surface area contributed by atoms with Crippen LogP contribution in [0, 0.1) is 0 Å². The molecule has 1 N–H and O–H groups in total.